The molecule has 4 rings (SSSR count). The van der Waals surface area contributed by atoms with E-state index >= 15 is 0 Å². The van der Waals surface area contributed by atoms with Gasteiger partial charge in [-0.25, -0.2) is 17.6 Å². The summed E-state index contributed by atoms with van der Waals surface area (Å²) in [5.41, 5.74) is 2.23. The highest BCUT2D eigenvalue weighted by Gasteiger charge is 2.22. The molecule has 2 N–H and O–H groups in total. The second kappa shape index (κ2) is 9.62. The Labute approximate surface area is 191 Å². The molecule has 0 aliphatic carbocycles. The van der Waals surface area contributed by atoms with Crippen molar-refractivity contribution in [3.8, 4) is 11.1 Å². The zero-order valence-corrected chi connectivity index (χ0v) is 18.2. The van der Waals surface area contributed by atoms with E-state index in [1.807, 2.05) is 0 Å². The summed E-state index contributed by atoms with van der Waals surface area (Å²) in [6.07, 6.45) is 3.28. The lowest BCUT2D eigenvalue weighted by Crippen LogP contribution is -2.28. The molecule has 8 heteroatoms. The van der Waals surface area contributed by atoms with Gasteiger partial charge in [0.15, 0.2) is 0 Å². The molecule has 3 aromatic carbocycles. The van der Waals surface area contributed by atoms with Crippen LogP contribution in [0.2, 0.25) is 0 Å². The number of sulfone groups is 1. The van der Waals surface area contributed by atoms with Crippen molar-refractivity contribution in [2.45, 2.75) is 16.3 Å². The van der Waals surface area contributed by atoms with Gasteiger partial charge in [0.1, 0.15) is 5.82 Å². The molecule has 0 spiro atoms. The maximum atomic E-state index is 13.7. The van der Waals surface area contributed by atoms with E-state index in [9.17, 15) is 17.6 Å². The molecule has 1 aromatic heterocycles. The Morgan fingerprint density at radius 2 is 1.61 bits per heavy atom. The van der Waals surface area contributed by atoms with E-state index in [-0.39, 0.29) is 9.79 Å². The molecule has 6 nitrogen and oxygen atoms in total. The van der Waals surface area contributed by atoms with Crippen LogP contribution in [0.4, 0.5) is 14.9 Å². The quantitative estimate of drug-likeness (QED) is 0.421. The van der Waals surface area contributed by atoms with Crippen LogP contribution in [0.5, 0.6) is 0 Å². The van der Waals surface area contributed by atoms with E-state index < -0.39 is 21.7 Å². The molecular formula is C25H20FN3O3S. The molecule has 2 amide bonds. The average Bonchev–Trinajstić information content (AvgIpc) is 2.84. The monoisotopic (exact) mass is 461 g/mol. The van der Waals surface area contributed by atoms with Crippen molar-refractivity contribution in [3.63, 3.8) is 0 Å². The van der Waals surface area contributed by atoms with E-state index in [1.165, 1.54) is 48.5 Å². The maximum Gasteiger partial charge on any atom is 0.319 e. The van der Waals surface area contributed by atoms with Gasteiger partial charge in [0.2, 0.25) is 9.84 Å². The van der Waals surface area contributed by atoms with Crippen LogP contribution < -0.4 is 10.6 Å². The summed E-state index contributed by atoms with van der Waals surface area (Å²) in [7, 11) is -3.88. The maximum absolute atomic E-state index is 13.7. The van der Waals surface area contributed by atoms with Crippen LogP contribution in [0, 0.1) is 5.82 Å². The zero-order chi connectivity index (χ0) is 23.3. The summed E-state index contributed by atoms with van der Waals surface area (Å²) in [6, 6.07) is 21.3. The molecular weight excluding hydrogens is 441 g/mol. The van der Waals surface area contributed by atoms with Crippen molar-refractivity contribution in [1.29, 1.82) is 0 Å². The van der Waals surface area contributed by atoms with E-state index in [0.717, 1.165) is 5.56 Å². The number of pyridine rings is 1. The number of hydrogen-bond acceptors (Lipinski definition) is 4. The van der Waals surface area contributed by atoms with E-state index in [4.69, 9.17) is 0 Å². The van der Waals surface area contributed by atoms with Crippen molar-refractivity contribution < 1.29 is 17.6 Å². The molecule has 166 valence electrons. The third-order valence-electron chi connectivity index (χ3n) is 4.94. The number of hydrogen-bond donors (Lipinski definition) is 2. The van der Waals surface area contributed by atoms with Crippen molar-refractivity contribution in [2.24, 2.45) is 0 Å². The Hall–Kier alpha value is -4.04. The standard InChI is InChI=1S/C25H20FN3O3S/c26-20-5-3-4-19(16-20)23-6-1-2-7-24(23)33(31,32)22-10-8-21(9-11-22)29-25(30)28-17-18-12-14-27-15-13-18/h1-16H,17H2,(H2,28,29,30). The number of carbonyl (C=O) groups is 1. The molecule has 0 unspecified atom stereocenters. The molecule has 0 aliphatic heterocycles. The lowest BCUT2D eigenvalue weighted by molar-refractivity contribution is 0.251. The average molecular weight is 462 g/mol. The molecule has 0 saturated carbocycles. The van der Waals surface area contributed by atoms with E-state index in [1.54, 1.807) is 48.8 Å². The number of amides is 2. The second-order valence-corrected chi connectivity index (χ2v) is 9.12. The third kappa shape index (κ3) is 5.24. The predicted octanol–water partition coefficient (Wildman–Crippen LogP) is 5.04. The first-order chi connectivity index (χ1) is 15.9. The van der Waals surface area contributed by atoms with Crippen LogP contribution in [0.1, 0.15) is 5.56 Å². The fraction of sp³-hybridized carbons (Fsp3) is 0.0400. The van der Waals surface area contributed by atoms with Gasteiger partial charge in [0.05, 0.1) is 9.79 Å². The minimum absolute atomic E-state index is 0.0640. The minimum atomic E-state index is -3.88. The minimum Gasteiger partial charge on any atom is -0.334 e. The van der Waals surface area contributed by atoms with Crippen LogP contribution in [0.3, 0.4) is 0 Å². The van der Waals surface area contributed by atoms with Gasteiger partial charge in [-0.3, -0.25) is 4.98 Å². The van der Waals surface area contributed by atoms with Gasteiger partial charge < -0.3 is 10.6 Å². The van der Waals surface area contributed by atoms with Crippen molar-refractivity contribution in [2.75, 3.05) is 5.32 Å². The Morgan fingerprint density at radius 1 is 0.879 bits per heavy atom. The Balaban J connectivity index is 1.51. The van der Waals surface area contributed by atoms with Crippen LogP contribution >= 0.6 is 0 Å². The number of carbonyl (C=O) groups excluding carboxylic acids is 1. The number of nitrogens with one attached hydrogen (secondary N) is 2. The normalized spacial score (nSPS) is 11.1. The highest BCUT2D eigenvalue weighted by Crippen LogP contribution is 2.32. The molecule has 0 saturated heterocycles. The van der Waals surface area contributed by atoms with Crippen molar-refractivity contribution in [1.82, 2.24) is 10.3 Å². The van der Waals surface area contributed by atoms with Crippen LogP contribution in [-0.2, 0) is 16.4 Å². The molecule has 0 fully saturated rings. The Morgan fingerprint density at radius 3 is 2.33 bits per heavy atom. The number of benzene rings is 3. The van der Waals surface area contributed by atoms with Crippen molar-refractivity contribution in [3.05, 3.63) is 109 Å². The van der Waals surface area contributed by atoms with Gasteiger partial charge in [0.25, 0.3) is 0 Å². The first kappa shape index (κ1) is 22.2. The lowest BCUT2D eigenvalue weighted by Gasteiger charge is -2.12. The van der Waals surface area contributed by atoms with Gasteiger partial charge in [0, 0.05) is 30.2 Å². The number of anilines is 1. The predicted molar refractivity (Wildman–Crippen MR) is 124 cm³/mol. The van der Waals surface area contributed by atoms with Gasteiger partial charge in [-0.1, -0.05) is 30.3 Å². The summed E-state index contributed by atoms with van der Waals surface area (Å²) in [5.74, 6) is -0.447. The molecule has 1 heterocycles. The van der Waals surface area contributed by atoms with Gasteiger partial charge in [-0.05, 0) is 65.7 Å². The van der Waals surface area contributed by atoms with Gasteiger partial charge >= 0.3 is 6.03 Å². The zero-order valence-electron chi connectivity index (χ0n) is 17.4. The molecule has 0 bridgehead atoms. The molecule has 0 radical (unpaired) electrons. The Kier molecular flexibility index (Phi) is 6.46. The largest absolute Gasteiger partial charge is 0.334 e. The Bertz CT molecular complexity index is 1380. The fourth-order valence-corrected chi connectivity index (χ4v) is 4.78. The molecule has 33 heavy (non-hydrogen) atoms. The molecule has 0 aliphatic rings. The van der Waals surface area contributed by atoms with E-state index in [2.05, 4.69) is 15.6 Å². The molecule has 4 aromatic rings. The number of aromatic nitrogens is 1. The summed E-state index contributed by atoms with van der Waals surface area (Å²) < 4.78 is 40.3. The smallest absolute Gasteiger partial charge is 0.319 e. The first-order valence-electron chi connectivity index (χ1n) is 10.1. The van der Waals surface area contributed by atoms with E-state index in [0.29, 0.717) is 23.4 Å². The summed E-state index contributed by atoms with van der Waals surface area (Å²) in [4.78, 5) is 16.2. The third-order valence-corrected chi connectivity index (χ3v) is 6.76. The van der Waals surface area contributed by atoms with Crippen LogP contribution in [0.25, 0.3) is 11.1 Å². The topological polar surface area (TPSA) is 88.2 Å². The SMILES string of the molecule is O=C(NCc1ccncc1)Nc1ccc(S(=O)(=O)c2ccccc2-c2cccc(F)c2)cc1. The van der Waals surface area contributed by atoms with Gasteiger partial charge in [-0.2, -0.15) is 0 Å². The highest BCUT2D eigenvalue weighted by molar-refractivity contribution is 7.91. The highest BCUT2D eigenvalue weighted by atomic mass is 32.2. The lowest BCUT2D eigenvalue weighted by atomic mass is 10.1. The fourth-order valence-electron chi connectivity index (χ4n) is 3.30. The molecule has 0 atom stereocenters. The summed E-state index contributed by atoms with van der Waals surface area (Å²) in [5, 5.41) is 5.39. The number of halogens is 1. The number of rotatable bonds is 6. The van der Waals surface area contributed by atoms with Crippen LogP contribution in [-0.4, -0.2) is 19.4 Å². The summed E-state index contributed by atoms with van der Waals surface area (Å²) in [6.45, 7) is 0.331. The number of urea groups is 1. The summed E-state index contributed by atoms with van der Waals surface area (Å²) >= 11 is 0. The number of nitrogens with zero attached hydrogens (tertiary/aromatic N) is 1. The van der Waals surface area contributed by atoms with Gasteiger partial charge in [-0.15, -0.1) is 0 Å². The first-order valence-corrected chi connectivity index (χ1v) is 11.6. The van der Waals surface area contributed by atoms with Crippen LogP contribution in [0.15, 0.2) is 107 Å². The second-order valence-electron chi connectivity index (χ2n) is 7.20. The van der Waals surface area contributed by atoms with Crippen molar-refractivity contribution >= 4 is 21.6 Å².